The average molecular weight is 386 g/mol. The molecule has 0 saturated carbocycles. The van der Waals surface area contributed by atoms with Crippen LogP contribution in [0.4, 0.5) is 0 Å². The van der Waals surface area contributed by atoms with Crippen LogP contribution < -0.4 is 0 Å². The van der Waals surface area contributed by atoms with Gasteiger partial charge in [-0.3, -0.25) is 0 Å². The fourth-order valence-electron chi connectivity index (χ4n) is 4.12. The van der Waals surface area contributed by atoms with Gasteiger partial charge in [0.2, 0.25) is 0 Å². The van der Waals surface area contributed by atoms with Crippen molar-refractivity contribution >= 4 is 0 Å². The quantitative estimate of drug-likeness (QED) is 0.389. The number of hydrogen-bond acceptors (Lipinski definition) is 0. The van der Waals surface area contributed by atoms with Gasteiger partial charge in [-0.25, -0.2) is 0 Å². The molecule has 1 radical (unpaired) electrons. The topological polar surface area (TPSA) is 0 Å². The van der Waals surface area contributed by atoms with Gasteiger partial charge in [-0.15, -0.1) is 0 Å². The molecule has 0 aliphatic heterocycles. The summed E-state index contributed by atoms with van der Waals surface area (Å²) in [7, 11) is 0. The maximum atomic E-state index is 3.41. The molecule has 0 amide bonds. The second-order valence-electron chi connectivity index (χ2n) is 8.79. The summed E-state index contributed by atoms with van der Waals surface area (Å²) in [5, 5.41) is 0. The minimum Gasteiger partial charge on any atom is -0.0845 e. The molecule has 0 aromatic carbocycles. The highest BCUT2D eigenvalue weighted by Crippen LogP contribution is 2.15. The van der Waals surface area contributed by atoms with Crippen LogP contribution in [0.5, 0.6) is 0 Å². The Balaban J connectivity index is 2.12. The Hall–Kier alpha value is -0.780. The molecule has 0 fully saturated rings. The average Bonchev–Trinajstić information content (AvgIpc) is 2.71. The van der Waals surface area contributed by atoms with E-state index >= 15 is 0 Å². The molecule has 0 atom stereocenters. The standard InChI is InChI=1S/C28H49/c1-2-4-6-8-10-12-14-16-18-20-22-24-26-28-27-25-23-21-19-17-15-13-11-9-7-5-3-1/h1-5H,6,8-28H2/b3-1-,4-2?,7-5?. The van der Waals surface area contributed by atoms with Crippen LogP contribution in [0, 0.1) is 6.08 Å². The Bertz CT molecular complexity index is 337. The van der Waals surface area contributed by atoms with Crippen molar-refractivity contribution in [3.8, 4) is 0 Å². The Kier molecular flexibility index (Phi) is 20.3. The molecule has 0 nitrogen and oxygen atoms in total. The zero-order valence-electron chi connectivity index (χ0n) is 18.9. The van der Waals surface area contributed by atoms with Crippen molar-refractivity contribution in [1.82, 2.24) is 0 Å². The first-order valence-electron chi connectivity index (χ1n) is 12.9. The summed E-state index contributed by atoms with van der Waals surface area (Å²) in [4.78, 5) is 0. The predicted octanol–water partition coefficient (Wildman–Crippen LogP) is 10.1. The van der Waals surface area contributed by atoms with E-state index in [2.05, 4.69) is 36.5 Å². The first-order valence-corrected chi connectivity index (χ1v) is 12.9. The van der Waals surface area contributed by atoms with Gasteiger partial charge in [0.25, 0.3) is 0 Å². The minimum atomic E-state index is 1.12. The van der Waals surface area contributed by atoms with E-state index < -0.39 is 0 Å². The van der Waals surface area contributed by atoms with Gasteiger partial charge in [-0.05, 0) is 31.8 Å². The highest BCUT2D eigenvalue weighted by Gasteiger charge is 1.95. The van der Waals surface area contributed by atoms with Crippen molar-refractivity contribution in [3.05, 3.63) is 36.5 Å². The lowest BCUT2D eigenvalue weighted by Gasteiger charge is -2.04. The van der Waals surface area contributed by atoms with E-state index in [1.54, 1.807) is 0 Å². The molecule has 0 bridgehead atoms. The predicted molar refractivity (Wildman–Crippen MR) is 128 cm³/mol. The van der Waals surface area contributed by atoms with Crippen molar-refractivity contribution in [3.63, 3.8) is 0 Å². The highest BCUT2D eigenvalue weighted by molar-refractivity contribution is 5.09. The fraction of sp³-hybridized carbons (Fsp3) is 0.786. The smallest absolute Gasteiger partial charge is 0.0276 e. The summed E-state index contributed by atoms with van der Waals surface area (Å²) in [5.74, 6) is 0. The van der Waals surface area contributed by atoms with Crippen LogP contribution in [0.25, 0.3) is 0 Å². The van der Waals surface area contributed by atoms with Crippen molar-refractivity contribution < 1.29 is 0 Å². The summed E-state index contributed by atoms with van der Waals surface area (Å²) in [6.07, 6.45) is 45.5. The summed E-state index contributed by atoms with van der Waals surface area (Å²) in [5.41, 5.74) is 0. The van der Waals surface area contributed by atoms with Crippen LogP contribution in [0.2, 0.25) is 0 Å². The molecular formula is C28H49. The van der Waals surface area contributed by atoms with Crippen LogP contribution >= 0.6 is 0 Å². The van der Waals surface area contributed by atoms with E-state index in [1.807, 2.05) is 0 Å². The van der Waals surface area contributed by atoms with E-state index in [4.69, 9.17) is 0 Å². The molecular weight excluding hydrogens is 336 g/mol. The lowest BCUT2D eigenvalue weighted by atomic mass is 10.0. The summed E-state index contributed by atoms with van der Waals surface area (Å²) in [6, 6.07) is 0. The van der Waals surface area contributed by atoms with Crippen LogP contribution in [0.1, 0.15) is 141 Å². The van der Waals surface area contributed by atoms with Gasteiger partial charge in [-0.1, -0.05) is 146 Å². The van der Waals surface area contributed by atoms with Gasteiger partial charge in [0, 0.05) is 0 Å². The lowest BCUT2D eigenvalue weighted by molar-refractivity contribution is 0.521. The van der Waals surface area contributed by atoms with Crippen LogP contribution in [-0.2, 0) is 0 Å². The zero-order valence-corrected chi connectivity index (χ0v) is 18.9. The van der Waals surface area contributed by atoms with E-state index in [-0.39, 0.29) is 0 Å². The Morgan fingerprint density at radius 3 is 1.21 bits per heavy atom. The van der Waals surface area contributed by atoms with Gasteiger partial charge in [-0.2, -0.15) is 0 Å². The third kappa shape index (κ3) is 20.0. The molecule has 0 heterocycles. The molecule has 0 N–H and O–H groups in total. The van der Waals surface area contributed by atoms with Gasteiger partial charge in [0.1, 0.15) is 0 Å². The molecule has 1 rings (SSSR count). The maximum absolute atomic E-state index is 3.41. The summed E-state index contributed by atoms with van der Waals surface area (Å²) >= 11 is 0. The fourth-order valence-corrected chi connectivity index (χ4v) is 4.12. The van der Waals surface area contributed by atoms with E-state index in [9.17, 15) is 0 Å². The molecule has 0 aromatic heterocycles. The number of rotatable bonds is 0. The van der Waals surface area contributed by atoms with E-state index in [1.165, 1.54) is 135 Å². The van der Waals surface area contributed by atoms with Gasteiger partial charge in [0.05, 0.1) is 0 Å². The first-order chi connectivity index (χ1) is 14.0. The van der Waals surface area contributed by atoms with Gasteiger partial charge < -0.3 is 0 Å². The van der Waals surface area contributed by atoms with Crippen molar-refractivity contribution in [2.75, 3.05) is 0 Å². The highest BCUT2D eigenvalue weighted by atomic mass is 14.0. The molecule has 0 saturated heterocycles. The van der Waals surface area contributed by atoms with Crippen LogP contribution in [0.3, 0.4) is 0 Å². The zero-order chi connectivity index (χ0) is 19.8. The van der Waals surface area contributed by atoms with Crippen LogP contribution in [-0.4, -0.2) is 0 Å². The van der Waals surface area contributed by atoms with Crippen molar-refractivity contribution in [1.29, 1.82) is 0 Å². The molecule has 0 spiro atoms. The van der Waals surface area contributed by atoms with Crippen molar-refractivity contribution in [2.45, 2.75) is 141 Å². The summed E-state index contributed by atoms with van der Waals surface area (Å²) < 4.78 is 0. The van der Waals surface area contributed by atoms with E-state index in [0.717, 1.165) is 6.42 Å². The molecule has 0 heteroatoms. The largest absolute Gasteiger partial charge is 0.0845 e. The lowest BCUT2D eigenvalue weighted by Crippen LogP contribution is -1.84. The molecule has 1 aliphatic rings. The third-order valence-electron chi connectivity index (χ3n) is 6.01. The van der Waals surface area contributed by atoms with Crippen LogP contribution in [0.15, 0.2) is 30.4 Å². The molecule has 1 aliphatic carbocycles. The minimum absolute atomic E-state index is 1.12. The normalized spacial score (nSPS) is 23.4. The molecule has 161 valence electrons. The second kappa shape index (κ2) is 22.5. The second-order valence-corrected chi connectivity index (χ2v) is 8.79. The number of hydrogen-bond donors (Lipinski definition) is 0. The van der Waals surface area contributed by atoms with Crippen molar-refractivity contribution in [2.24, 2.45) is 0 Å². The maximum Gasteiger partial charge on any atom is -0.0276 e. The monoisotopic (exact) mass is 385 g/mol. The van der Waals surface area contributed by atoms with Gasteiger partial charge in [0.15, 0.2) is 0 Å². The van der Waals surface area contributed by atoms with E-state index in [0.29, 0.717) is 0 Å². The Morgan fingerprint density at radius 2 is 0.750 bits per heavy atom. The number of allylic oxidation sites excluding steroid dienone is 6. The molecule has 28 heavy (non-hydrogen) atoms. The molecule has 0 unspecified atom stereocenters. The van der Waals surface area contributed by atoms with Gasteiger partial charge >= 0.3 is 0 Å². The third-order valence-corrected chi connectivity index (χ3v) is 6.01. The Labute approximate surface area is 178 Å². The first kappa shape index (κ1) is 25.3. The SMILES string of the molecule is [C]1=C/C=C\C=CCCCCCCCCCCCCCCCCCCCCCC1. The molecule has 0 aromatic rings. The Morgan fingerprint density at radius 1 is 0.357 bits per heavy atom. The summed E-state index contributed by atoms with van der Waals surface area (Å²) in [6.45, 7) is 0.